The molecule has 0 aromatic carbocycles. The summed E-state index contributed by atoms with van der Waals surface area (Å²) in [4.78, 5) is 0. The predicted octanol–water partition coefficient (Wildman–Crippen LogP) is 3.90. The molecule has 1 heteroatoms. The number of hydrogen-bond acceptors (Lipinski definition) is 0. The standard InChI is InChI=1S/C15H26N/c1-3-5-6-7-8-9-12-16-13-10-15(4-2)11-14-16/h10-11,13-14H,3-9,12H2,1-2H3/q+1. The minimum atomic E-state index is 1.14. The molecule has 16 heavy (non-hydrogen) atoms. The molecular formula is C15H26N+. The molecule has 0 aliphatic carbocycles. The van der Waals surface area contributed by atoms with Gasteiger partial charge in [-0.3, -0.25) is 0 Å². The fraction of sp³-hybridized carbons (Fsp3) is 0.667. The van der Waals surface area contributed by atoms with Gasteiger partial charge in [-0.05, 0) is 18.4 Å². The average Bonchev–Trinajstić information content (AvgIpc) is 2.34. The third-order valence-electron chi connectivity index (χ3n) is 3.14. The van der Waals surface area contributed by atoms with Gasteiger partial charge >= 0.3 is 0 Å². The molecule has 0 amide bonds. The second-order valence-corrected chi connectivity index (χ2v) is 4.57. The summed E-state index contributed by atoms with van der Waals surface area (Å²) in [5.74, 6) is 0. The van der Waals surface area contributed by atoms with Crippen LogP contribution in [0.1, 0.15) is 57.9 Å². The van der Waals surface area contributed by atoms with E-state index in [1.54, 1.807) is 0 Å². The zero-order valence-corrected chi connectivity index (χ0v) is 10.9. The zero-order valence-electron chi connectivity index (χ0n) is 10.9. The lowest BCUT2D eigenvalue weighted by Gasteiger charge is -1.99. The topological polar surface area (TPSA) is 3.88 Å². The van der Waals surface area contributed by atoms with Crippen molar-refractivity contribution in [1.29, 1.82) is 0 Å². The minimum absolute atomic E-state index is 1.14. The molecule has 0 bridgehead atoms. The third kappa shape index (κ3) is 5.29. The molecule has 1 rings (SSSR count). The molecule has 0 spiro atoms. The molecule has 90 valence electrons. The van der Waals surface area contributed by atoms with Gasteiger partial charge in [-0.2, -0.15) is 0 Å². The molecule has 0 fully saturated rings. The summed E-state index contributed by atoms with van der Waals surface area (Å²) >= 11 is 0. The van der Waals surface area contributed by atoms with E-state index in [1.807, 2.05) is 0 Å². The summed E-state index contributed by atoms with van der Waals surface area (Å²) in [6.45, 7) is 5.65. The molecular weight excluding hydrogens is 194 g/mol. The fourth-order valence-corrected chi connectivity index (χ4v) is 1.95. The molecule has 0 saturated carbocycles. The number of nitrogens with zero attached hydrogens (tertiary/aromatic N) is 1. The highest BCUT2D eigenvalue weighted by Crippen LogP contribution is 2.04. The third-order valence-corrected chi connectivity index (χ3v) is 3.14. The van der Waals surface area contributed by atoms with E-state index in [1.165, 1.54) is 50.6 Å². The molecule has 0 saturated heterocycles. The Morgan fingerprint density at radius 2 is 1.50 bits per heavy atom. The maximum absolute atomic E-state index is 2.30. The summed E-state index contributed by atoms with van der Waals surface area (Å²) < 4.78 is 2.30. The van der Waals surface area contributed by atoms with E-state index >= 15 is 0 Å². The number of rotatable bonds is 8. The van der Waals surface area contributed by atoms with Crippen molar-refractivity contribution in [3.05, 3.63) is 30.1 Å². The quantitative estimate of drug-likeness (QED) is 0.462. The molecule has 1 aromatic heterocycles. The Morgan fingerprint density at radius 3 is 2.12 bits per heavy atom. The lowest BCUT2D eigenvalue weighted by Crippen LogP contribution is -2.32. The van der Waals surface area contributed by atoms with E-state index in [9.17, 15) is 0 Å². The fourth-order valence-electron chi connectivity index (χ4n) is 1.95. The van der Waals surface area contributed by atoms with Crippen LogP contribution in [-0.4, -0.2) is 0 Å². The van der Waals surface area contributed by atoms with E-state index < -0.39 is 0 Å². The number of hydrogen-bond donors (Lipinski definition) is 0. The van der Waals surface area contributed by atoms with Gasteiger partial charge in [0.25, 0.3) is 0 Å². The second-order valence-electron chi connectivity index (χ2n) is 4.57. The van der Waals surface area contributed by atoms with Crippen LogP contribution in [0, 0.1) is 0 Å². The van der Waals surface area contributed by atoms with Crippen molar-refractivity contribution in [1.82, 2.24) is 0 Å². The Kier molecular flexibility index (Phi) is 6.87. The van der Waals surface area contributed by atoms with Crippen LogP contribution in [0.25, 0.3) is 0 Å². The van der Waals surface area contributed by atoms with E-state index in [-0.39, 0.29) is 0 Å². The van der Waals surface area contributed by atoms with Crippen LogP contribution in [0.3, 0.4) is 0 Å². The Balaban J connectivity index is 2.12. The van der Waals surface area contributed by atoms with Gasteiger partial charge in [0.2, 0.25) is 0 Å². The van der Waals surface area contributed by atoms with Crippen molar-refractivity contribution in [3.8, 4) is 0 Å². The summed E-state index contributed by atoms with van der Waals surface area (Å²) in [5.41, 5.74) is 1.43. The van der Waals surface area contributed by atoms with Gasteiger partial charge in [-0.1, -0.05) is 39.5 Å². The highest BCUT2D eigenvalue weighted by Gasteiger charge is 1.99. The molecule has 1 nitrogen and oxygen atoms in total. The van der Waals surface area contributed by atoms with E-state index in [0.29, 0.717) is 0 Å². The molecule has 1 aromatic rings. The normalized spacial score (nSPS) is 10.6. The predicted molar refractivity (Wildman–Crippen MR) is 69.4 cm³/mol. The molecule has 0 atom stereocenters. The Bertz CT molecular complexity index is 263. The summed E-state index contributed by atoms with van der Waals surface area (Å²) in [5, 5.41) is 0. The van der Waals surface area contributed by atoms with Crippen molar-refractivity contribution in [3.63, 3.8) is 0 Å². The van der Waals surface area contributed by atoms with Crippen molar-refractivity contribution in [2.24, 2.45) is 0 Å². The minimum Gasteiger partial charge on any atom is -0.205 e. The summed E-state index contributed by atoms with van der Waals surface area (Å²) in [6.07, 6.45) is 13.8. The maximum Gasteiger partial charge on any atom is 0.169 e. The molecule has 1 heterocycles. The van der Waals surface area contributed by atoms with Crippen LogP contribution in [0.4, 0.5) is 0 Å². The SMILES string of the molecule is CCCCCCCC[n+]1ccc(CC)cc1. The first-order valence-electron chi connectivity index (χ1n) is 6.84. The second kappa shape index (κ2) is 8.32. The summed E-state index contributed by atoms with van der Waals surface area (Å²) in [7, 11) is 0. The first-order valence-corrected chi connectivity index (χ1v) is 6.84. The maximum atomic E-state index is 2.30. The zero-order chi connectivity index (χ0) is 11.6. The Labute approximate surface area is 101 Å². The van der Waals surface area contributed by atoms with E-state index in [4.69, 9.17) is 0 Å². The first-order chi connectivity index (χ1) is 7.86. The molecule has 0 unspecified atom stereocenters. The Morgan fingerprint density at radius 1 is 0.875 bits per heavy atom. The lowest BCUT2D eigenvalue weighted by molar-refractivity contribution is -0.697. The number of unbranched alkanes of at least 4 members (excludes halogenated alkanes) is 5. The number of pyridine rings is 1. The van der Waals surface area contributed by atoms with Gasteiger partial charge in [0, 0.05) is 18.6 Å². The summed E-state index contributed by atoms with van der Waals surface area (Å²) in [6, 6.07) is 4.47. The van der Waals surface area contributed by atoms with E-state index in [0.717, 1.165) is 6.42 Å². The van der Waals surface area contributed by atoms with Crippen LogP contribution < -0.4 is 4.57 Å². The van der Waals surface area contributed by atoms with Crippen molar-refractivity contribution >= 4 is 0 Å². The number of aromatic nitrogens is 1. The molecule has 0 N–H and O–H groups in total. The molecule has 0 aliphatic heterocycles. The van der Waals surface area contributed by atoms with Gasteiger partial charge in [-0.25, -0.2) is 4.57 Å². The van der Waals surface area contributed by atoms with Crippen LogP contribution in [0.5, 0.6) is 0 Å². The van der Waals surface area contributed by atoms with Crippen molar-refractivity contribution in [2.75, 3.05) is 0 Å². The first kappa shape index (κ1) is 13.2. The van der Waals surface area contributed by atoms with Gasteiger partial charge in [-0.15, -0.1) is 0 Å². The lowest BCUT2D eigenvalue weighted by atomic mass is 10.1. The van der Waals surface area contributed by atoms with Gasteiger partial charge in [0.1, 0.15) is 6.54 Å². The molecule has 0 radical (unpaired) electrons. The molecule has 0 aliphatic rings. The monoisotopic (exact) mass is 220 g/mol. The average molecular weight is 220 g/mol. The van der Waals surface area contributed by atoms with Crippen LogP contribution >= 0.6 is 0 Å². The van der Waals surface area contributed by atoms with Gasteiger partial charge < -0.3 is 0 Å². The largest absolute Gasteiger partial charge is 0.205 e. The van der Waals surface area contributed by atoms with Crippen molar-refractivity contribution in [2.45, 2.75) is 65.3 Å². The highest BCUT2D eigenvalue weighted by molar-refractivity contribution is 5.06. The van der Waals surface area contributed by atoms with Gasteiger partial charge in [0.05, 0.1) is 0 Å². The highest BCUT2D eigenvalue weighted by atomic mass is 14.9. The smallest absolute Gasteiger partial charge is 0.169 e. The van der Waals surface area contributed by atoms with Gasteiger partial charge in [0.15, 0.2) is 12.4 Å². The van der Waals surface area contributed by atoms with Crippen LogP contribution in [0.2, 0.25) is 0 Å². The van der Waals surface area contributed by atoms with E-state index in [2.05, 4.69) is 42.9 Å². The number of aryl methyl sites for hydroxylation is 2. The van der Waals surface area contributed by atoms with Crippen LogP contribution in [0.15, 0.2) is 24.5 Å². The Hall–Kier alpha value is -0.850. The van der Waals surface area contributed by atoms with Crippen LogP contribution in [-0.2, 0) is 13.0 Å². The van der Waals surface area contributed by atoms with Crippen molar-refractivity contribution < 1.29 is 4.57 Å².